The van der Waals surface area contributed by atoms with Crippen molar-refractivity contribution in [1.82, 2.24) is 15.1 Å². The molecule has 0 aromatic heterocycles. The summed E-state index contributed by atoms with van der Waals surface area (Å²) in [6, 6.07) is 8.74. The van der Waals surface area contributed by atoms with Gasteiger partial charge in [-0.2, -0.15) is 0 Å². The molecule has 1 aromatic rings. The molecule has 1 atom stereocenters. The van der Waals surface area contributed by atoms with E-state index < -0.39 is 0 Å². The zero-order valence-corrected chi connectivity index (χ0v) is 15.2. The Balaban J connectivity index is 1.55. The minimum atomic E-state index is -0.233. The van der Waals surface area contributed by atoms with Gasteiger partial charge in [0.25, 0.3) is 0 Å². The summed E-state index contributed by atoms with van der Waals surface area (Å²) in [5.74, 6) is 0.899. The van der Waals surface area contributed by atoms with Gasteiger partial charge in [0.1, 0.15) is 0 Å². The first-order valence-electron chi connectivity index (χ1n) is 9.34. The number of hydrogen-bond acceptors (Lipinski definition) is 4. The topological polar surface area (TPSA) is 60.3 Å². The molecule has 1 aromatic carbocycles. The Morgan fingerprint density at radius 2 is 1.92 bits per heavy atom. The maximum atomic E-state index is 9.73. The predicted octanol–water partition coefficient (Wildman–Crippen LogP) is 1.05. The standard InChI is InChI=1S/C19H30N4O2/c1-2-20-19(23-8-7-18(24)15-23)21-13-16-3-5-17(6-4-16)14-22-9-11-25-12-10-22/h3-6,18,24H,2,7-15H2,1H3,(H,20,21)/t18-/m1/s1. The number of aliphatic imine (C=N–C) groups is 1. The van der Waals surface area contributed by atoms with E-state index in [-0.39, 0.29) is 6.10 Å². The lowest BCUT2D eigenvalue weighted by atomic mass is 10.1. The van der Waals surface area contributed by atoms with E-state index in [4.69, 9.17) is 9.73 Å². The van der Waals surface area contributed by atoms with Gasteiger partial charge in [-0.25, -0.2) is 4.99 Å². The molecule has 2 fully saturated rings. The molecule has 6 nitrogen and oxygen atoms in total. The molecule has 0 spiro atoms. The highest BCUT2D eigenvalue weighted by Gasteiger charge is 2.22. The van der Waals surface area contributed by atoms with Crippen molar-refractivity contribution >= 4 is 5.96 Å². The van der Waals surface area contributed by atoms with Crippen LogP contribution in [0.1, 0.15) is 24.5 Å². The minimum Gasteiger partial charge on any atom is -0.391 e. The minimum absolute atomic E-state index is 0.233. The first kappa shape index (κ1) is 18.2. The van der Waals surface area contributed by atoms with E-state index >= 15 is 0 Å². The normalized spacial score (nSPS) is 22.4. The fourth-order valence-corrected chi connectivity index (χ4v) is 3.29. The number of guanidine groups is 1. The molecule has 25 heavy (non-hydrogen) atoms. The van der Waals surface area contributed by atoms with E-state index in [1.165, 1.54) is 11.1 Å². The average molecular weight is 346 g/mol. The number of aliphatic hydroxyl groups is 1. The van der Waals surface area contributed by atoms with Crippen LogP contribution in [0.3, 0.4) is 0 Å². The van der Waals surface area contributed by atoms with Crippen LogP contribution in [0.15, 0.2) is 29.3 Å². The second-order valence-corrected chi connectivity index (χ2v) is 6.76. The highest BCUT2D eigenvalue weighted by atomic mass is 16.5. The number of likely N-dealkylation sites (tertiary alicyclic amines) is 1. The van der Waals surface area contributed by atoms with Crippen molar-refractivity contribution in [2.45, 2.75) is 32.5 Å². The molecule has 2 aliphatic heterocycles. The quantitative estimate of drug-likeness (QED) is 0.616. The van der Waals surface area contributed by atoms with Crippen LogP contribution < -0.4 is 5.32 Å². The van der Waals surface area contributed by atoms with Crippen molar-refractivity contribution < 1.29 is 9.84 Å². The lowest BCUT2D eigenvalue weighted by molar-refractivity contribution is 0.0342. The molecular weight excluding hydrogens is 316 g/mol. The summed E-state index contributed by atoms with van der Waals surface area (Å²) < 4.78 is 5.40. The largest absolute Gasteiger partial charge is 0.391 e. The summed E-state index contributed by atoms with van der Waals surface area (Å²) >= 11 is 0. The molecule has 0 amide bonds. The van der Waals surface area contributed by atoms with Crippen molar-refractivity contribution in [3.63, 3.8) is 0 Å². The average Bonchev–Trinajstić information content (AvgIpc) is 3.07. The third-order valence-electron chi connectivity index (χ3n) is 4.74. The van der Waals surface area contributed by atoms with Crippen LogP contribution in [0, 0.1) is 0 Å². The van der Waals surface area contributed by atoms with Crippen LogP contribution in [0.5, 0.6) is 0 Å². The van der Waals surface area contributed by atoms with Crippen LogP contribution >= 0.6 is 0 Å². The Labute approximate surface area is 150 Å². The van der Waals surface area contributed by atoms with Crippen LogP contribution in [-0.4, -0.2) is 72.9 Å². The smallest absolute Gasteiger partial charge is 0.194 e. The number of β-amino-alcohol motifs (C(OH)–C–C–N with tert-alkyl or cyclic N) is 1. The maximum Gasteiger partial charge on any atom is 0.194 e. The Kier molecular flexibility index (Phi) is 6.67. The zero-order chi connectivity index (χ0) is 17.5. The summed E-state index contributed by atoms with van der Waals surface area (Å²) in [4.78, 5) is 9.31. The highest BCUT2D eigenvalue weighted by molar-refractivity contribution is 5.80. The van der Waals surface area contributed by atoms with Crippen molar-refractivity contribution in [3.8, 4) is 0 Å². The molecule has 0 aliphatic carbocycles. The van der Waals surface area contributed by atoms with E-state index in [2.05, 4.69) is 46.3 Å². The summed E-state index contributed by atoms with van der Waals surface area (Å²) in [5, 5.41) is 13.1. The second kappa shape index (κ2) is 9.17. The number of aliphatic hydroxyl groups excluding tert-OH is 1. The molecule has 3 rings (SSSR count). The van der Waals surface area contributed by atoms with E-state index in [9.17, 15) is 5.11 Å². The molecule has 6 heteroatoms. The Morgan fingerprint density at radius 1 is 1.20 bits per heavy atom. The van der Waals surface area contributed by atoms with E-state index in [0.717, 1.165) is 58.3 Å². The van der Waals surface area contributed by atoms with E-state index in [1.54, 1.807) is 0 Å². The van der Waals surface area contributed by atoms with Crippen molar-refractivity contribution in [2.24, 2.45) is 4.99 Å². The second-order valence-electron chi connectivity index (χ2n) is 6.76. The number of ether oxygens (including phenoxy) is 1. The van der Waals surface area contributed by atoms with E-state index in [1.807, 2.05) is 0 Å². The van der Waals surface area contributed by atoms with Gasteiger partial charge in [0, 0.05) is 39.3 Å². The van der Waals surface area contributed by atoms with Crippen molar-refractivity contribution in [3.05, 3.63) is 35.4 Å². The van der Waals surface area contributed by atoms with Gasteiger partial charge >= 0.3 is 0 Å². The summed E-state index contributed by atoms with van der Waals surface area (Å²) in [5.41, 5.74) is 2.55. The Bertz CT molecular complexity index is 555. The number of nitrogens with one attached hydrogen (secondary N) is 1. The number of nitrogens with zero attached hydrogens (tertiary/aromatic N) is 3. The van der Waals surface area contributed by atoms with Crippen LogP contribution in [0.4, 0.5) is 0 Å². The molecule has 2 saturated heterocycles. The van der Waals surface area contributed by atoms with Gasteiger partial charge in [-0.15, -0.1) is 0 Å². The first-order chi connectivity index (χ1) is 12.2. The predicted molar refractivity (Wildman–Crippen MR) is 99.6 cm³/mol. The fraction of sp³-hybridized carbons (Fsp3) is 0.632. The van der Waals surface area contributed by atoms with Gasteiger partial charge < -0.3 is 20.1 Å². The third-order valence-corrected chi connectivity index (χ3v) is 4.74. The van der Waals surface area contributed by atoms with Gasteiger partial charge in [0.15, 0.2) is 5.96 Å². The van der Waals surface area contributed by atoms with Gasteiger partial charge in [-0.3, -0.25) is 4.90 Å². The number of hydrogen-bond donors (Lipinski definition) is 2. The van der Waals surface area contributed by atoms with Crippen molar-refractivity contribution in [1.29, 1.82) is 0 Å². The Morgan fingerprint density at radius 3 is 2.56 bits per heavy atom. The monoisotopic (exact) mass is 346 g/mol. The third kappa shape index (κ3) is 5.42. The van der Waals surface area contributed by atoms with Crippen LogP contribution in [-0.2, 0) is 17.8 Å². The summed E-state index contributed by atoms with van der Waals surface area (Å²) in [7, 11) is 0. The molecule has 2 heterocycles. The van der Waals surface area contributed by atoms with Gasteiger partial charge in [0.05, 0.1) is 25.9 Å². The highest BCUT2D eigenvalue weighted by Crippen LogP contribution is 2.12. The van der Waals surface area contributed by atoms with Crippen molar-refractivity contribution in [2.75, 3.05) is 45.9 Å². The molecule has 0 saturated carbocycles. The van der Waals surface area contributed by atoms with Gasteiger partial charge in [-0.1, -0.05) is 24.3 Å². The summed E-state index contributed by atoms with van der Waals surface area (Å²) in [6.45, 7) is 9.80. The number of benzene rings is 1. The molecule has 0 radical (unpaired) electrons. The first-order valence-corrected chi connectivity index (χ1v) is 9.34. The van der Waals surface area contributed by atoms with Crippen LogP contribution in [0.2, 0.25) is 0 Å². The molecule has 2 aliphatic rings. The SMILES string of the molecule is CCNC(=NCc1ccc(CN2CCOCC2)cc1)N1CC[C@@H](O)C1. The molecule has 0 unspecified atom stereocenters. The number of morpholine rings is 1. The van der Waals surface area contributed by atoms with Crippen LogP contribution in [0.25, 0.3) is 0 Å². The molecule has 2 N–H and O–H groups in total. The molecule has 138 valence electrons. The van der Waals surface area contributed by atoms with E-state index in [0.29, 0.717) is 13.1 Å². The number of rotatable bonds is 5. The lowest BCUT2D eigenvalue weighted by Gasteiger charge is -2.26. The zero-order valence-electron chi connectivity index (χ0n) is 15.2. The fourth-order valence-electron chi connectivity index (χ4n) is 3.29. The molecular formula is C19H30N4O2. The van der Waals surface area contributed by atoms with Gasteiger partial charge in [-0.05, 0) is 24.5 Å². The molecule has 0 bridgehead atoms. The Hall–Kier alpha value is -1.63. The summed E-state index contributed by atoms with van der Waals surface area (Å²) in [6.07, 6.45) is 0.587. The lowest BCUT2D eigenvalue weighted by Crippen LogP contribution is -2.40. The van der Waals surface area contributed by atoms with Gasteiger partial charge in [0.2, 0.25) is 0 Å². The maximum absolute atomic E-state index is 9.73.